The minimum absolute atomic E-state index is 0.00105. The van der Waals surface area contributed by atoms with Gasteiger partial charge in [0.15, 0.2) is 0 Å². The Hall–Kier alpha value is -1.73. The van der Waals surface area contributed by atoms with Crippen LogP contribution >= 0.6 is 15.9 Å². The fourth-order valence-corrected chi connectivity index (χ4v) is 2.14. The molecule has 7 heteroatoms. The van der Waals surface area contributed by atoms with Crippen LogP contribution in [0.5, 0.6) is 0 Å². The standard InChI is InChI=1S/C12H10BrNO5/c13-7-1-2-8-9(5-7)12(18)14(11(8)17)3-4-19-6-10(15)16/h1-2,5H,3-4,6H2,(H,15,16). The van der Waals surface area contributed by atoms with Crippen LogP contribution in [0.3, 0.4) is 0 Å². The zero-order valence-electron chi connectivity index (χ0n) is 9.76. The molecule has 1 aromatic rings. The monoisotopic (exact) mass is 327 g/mol. The van der Waals surface area contributed by atoms with E-state index in [1.807, 2.05) is 0 Å². The smallest absolute Gasteiger partial charge is 0.329 e. The minimum Gasteiger partial charge on any atom is -0.480 e. The second-order valence-electron chi connectivity index (χ2n) is 3.90. The van der Waals surface area contributed by atoms with Crippen LogP contribution in [0.1, 0.15) is 20.7 Å². The summed E-state index contributed by atoms with van der Waals surface area (Å²) >= 11 is 3.24. The van der Waals surface area contributed by atoms with Gasteiger partial charge in [-0.3, -0.25) is 14.5 Å². The molecule has 1 aliphatic rings. The first-order valence-corrected chi connectivity index (χ1v) is 6.25. The Bertz CT molecular complexity index is 557. The van der Waals surface area contributed by atoms with Crippen molar-refractivity contribution < 1.29 is 24.2 Å². The number of rotatable bonds is 5. The Morgan fingerprint density at radius 3 is 2.63 bits per heavy atom. The number of imide groups is 1. The third kappa shape index (κ3) is 2.82. The summed E-state index contributed by atoms with van der Waals surface area (Å²) < 4.78 is 5.54. The molecule has 1 heterocycles. The lowest BCUT2D eigenvalue weighted by Gasteiger charge is -2.12. The van der Waals surface area contributed by atoms with Crippen molar-refractivity contribution in [1.29, 1.82) is 0 Å². The maximum atomic E-state index is 12.0. The lowest BCUT2D eigenvalue weighted by atomic mass is 10.1. The fraction of sp³-hybridized carbons (Fsp3) is 0.250. The lowest BCUT2D eigenvalue weighted by molar-refractivity contribution is -0.142. The molecule has 0 spiro atoms. The summed E-state index contributed by atoms with van der Waals surface area (Å²) in [5.41, 5.74) is 0.698. The number of nitrogens with zero attached hydrogens (tertiary/aromatic N) is 1. The summed E-state index contributed by atoms with van der Waals surface area (Å²) in [6.07, 6.45) is 0. The van der Waals surface area contributed by atoms with E-state index in [0.717, 1.165) is 9.37 Å². The average Bonchev–Trinajstić information content (AvgIpc) is 2.58. The topological polar surface area (TPSA) is 83.9 Å². The third-order valence-electron chi connectivity index (χ3n) is 2.62. The van der Waals surface area contributed by atoms with Crippen molar-refractivity contribution in [3.05, 3.63) is 33.8 Å². The van der Waals surface area contributed by atoms with Crippen molar-refractivity contribution in [2.45, 2.75) is 0 Å². The Balaban J connectivity index is 2.04. The second kappa shape index (κ2) is 5.50. The zero-order chi connectivity index (χ0) is 14.0. The minimum atomic E-state index is -1.09. The highest BCUT2D eigenvalue weighted by atomic mass is 79.9. The summed E-state index contributed by atoms with van der Waals surface area (Å²) in [4.78, 5) is 35.3. The largest absolute Gasteiger partial charge is 0.480 e. The van der Waals surface area contributed by atoms with Gasteiger partial charge in [-0.1, -0.05) is 15.9 Å². The van der Waals surface area contributed by atoms with Crippen LogP contribution in [0.25, 0.3) is 0 Å². The highest BCUT2D eigenvalue weighted by Crippen LogP contribution is 2.25. The fourth-order valence-electron chi connectivity index (χ4n) is 1.78. The summed E-state index contributed by atoms with van der Waals surface area (Å²) in [7, 11) is 0. The van der Waals surface area contributed by atoms with Crippen molar-refractivity contribution >= 4 is 33.7 Å². The molecule has 0 unspecified atom stereocenters. The van der Waals surface area contributed by atoms with Crippen molar-refractivity contribution in [1.82, 2.24) is 4.90 Å². The van der Waals surface area contributed by atoms with Gasteiger partial charge < -0.3 is 9.84 Å². The molecule has 0 aromatic heterocycles. The number of hydrogen-bond donors (Lipinski definition) is 1. The number of hydrogen-bond acceptors (Lipinski definition) is 4. The van der Waals surface area contributed by atoms with E-state index in [9.17, 15) is 14.4 Å². The molecular formula is C12H10BrNO5. The van der Waals surface area contributed by atoms with Gasteiger partial charge in [-0.05, 0) is 18.2 Å². The number of fused-ring (bicyclic) bond motifs is 1. The number of carbonyl (C=O) groups is 3. The van der Waals surface area contributed by atoms with Gasteiger partial charge in [-0.2, -0.15) is 0 Å². The van der Waals surface area contributed by atoms with Gasteiger partial charge in [-0.25, -0.2) is 4.79 Å². The molecule has 100 valence electrons. The highest BCUT2D eigenvalue weighted by Gasteiger charge is 2.35. The van der Waals surface area contributed by atoms with Crippen LogP contribution in [-0.2, 0) is 9.53 Å². The Morgan fingerprint density at radius 2 is 1.95 bits per heavy atom. The van der Waals surface area contributed by atoms with Crippen LogP contribution in [-0.4, -0.2) is 47.5 Å². The van der Waals surface area contributed by atoms with E-state index in [0.29, 0.717) is 11.1 Å². The molecule has 2 amide bonds. The summed E-state index contributed by atoms with van der Waals surface area (Å²) in [5, 5.41) is 8.40. The van der Waals surface area contributed by atoms with Crippen LogP contribution in [0, 0.1) is 0 Å². The van der Waals surface area contributed by atoms with Crippen LogP contribution in [0.15, 0.2) is 22.7 Å². The molecular weight excluding hydrogens is 318 g/mol. The van der Waals surface area contributed by atoms with E-state index >= 15 is 0 Å². The Kier molecular flexibility index (Phi) is 3.96. The van der Waals surface area contributed by atoms with E-state index in [1.165, 1.54) is 0 Å². The van der Waals surface area contributed by atoms with Crippen LogP contribution < -0.4 is 0 Å². The van der Waals surface area contributed by atoms with Crippen molar-refractivity contribution in [2.24, 2.45) is 0 Å². The maximum Gasteiger partial charge on any atom is 0.329 e. The maximum absolute atomic E-state index is 12.0. The molecule has 1 aliphatic heterocycles. The zero-order valence-corrected chi connectivity index (χ0v) is 11.3. The quantitative estimate of drug-likeness (QED) is 0.647. The van der Waals surface area contributed by atoms with Gasteiger partial charge in [0.2, 0.25) is 0 Å². The van der Waals surface area contributed by atoms with Crippen molar-refractivity contribution in [3.8, 4) is 0 Å². The van der Waals surface area contributed by atoms with Crippen molar-refractivity contribution in [3.63, 3.8) is 0 Å². The summed E-state index contributed by atoms with van der Waals surface area (Å²) in [6.45, 7) is -0.412. The highest BCUT2D eigenvalue weighted by molar-refractivity contribution is 9.10. The number of carbonyl (C=O) groups excluding carboxylic acids is 2. The first-order chi connectivity index (χ1) is 9.00. The molecule has 19 heavy (non-hydrogen) atoms. The molecule has 0 atom stereocenters. The van der Waals surface area contributed by atoms with Crippen molar-refractivity contribution in [2.75, 3.05) is 19.8 Å². The molecule has 0 fully saturated rings. The molecule has 0 bridgehead atoms. The first kappa shape index (κ1) is 13.7. The van der Waals surface area contributed by atoms with Gasteiger partial charge in [0.05, 0.1) is 24.3 Å². The predicted molar refractivity (Wildman–Crippen MR) is 68.0 cm³/mol. The predicted octanol–water partition coefficient (Wildman–Crippen LogP) is 1.15. The molecule has 1 aromatic carbocycles. The van der Waals surface area contributed by atoms with Crippen LogP contribution in [0.2, 0.25) is 0 Å². The van der Waals surface area contributed by atoms with Gasteiger partial charge in [0, 0.05) is 4.47 Å². The van der Waals surface area contributed by atoms with Gasteiger partial charge in [0.25, 0.3) is 11.8 Å². The number of benzene rings is 1. The number of amides is 2. The number of halogens is 1. The molecule has 0 saturated heterocycles. The summed E-state index contributed by atoms with van der Waals surface area (Å²) in [6, 6.07) is 4.86. The SMILES string of the molecule is O=C(O)COCCN1C(=O)c2ccc(Br)cc2C1=O. The van der Waals surface area contributed by atoms with E-state index in [-0.39, 0.29) is 25.0 Å². The van der Waals surface area contributed by atoms with E-state index in [1.54, 1.807) is 18.2 Å². The number of carboxylic acids is 1. The lowest BCUT2D eigenvalue weighted by Crippen LogP contribution is -2.33. The van der Waals surface area contributed by atoms with E-state index in [2.05, 4.69) is 15.9 Å². The third-order valence-corrected chi connectivity index (χ3v) is 3.11. The molecule has 2 rings (SSSR count). The normalized spacial score (nSPS) is 13.8. The Labute approximate surface area is 117 Å². The molecule has 0 saturated carbocycles. The molecule has 6 nitrogen and oxygen atoms in total. The first-order valence-electron chi connectivity index (χ1n) is 5.46. The number of carboxylic acid groups (broad SMARTS) is 1. The van der Waals surface area contributed by atoms with Gasteiger partial charge in [-0.15, -0.1) is 0 Å². The van der Waals surface area contributed by atoms with E-state index < -0.39 is 12.6 Å². The van der Waals surface area contributed by atoms with E-state index in [4.69, 9.17) is 9.84 Å². The Morgan fingerprint density at radius 1 is 1.26 bits per heavy atom. The summed E-state index contributed by atoms with van der Waals surface area (Å²) in [5.74, 6) is -1.86. The molecule has 1 N–H and O–H groups in total. The van der Waals surface area contributed by atoms with Crippen LogP contribution in [0.4, 0.5) is 0 Å². The molecule has 0 aliphatic carbocycles. The van der Waals surface area contributed by atoms with Gasteiger partial charge >= 0.3 is 5.97 Å². The molecule has 0 radical (unpaired) electrons. The second-order valence-corrected chi connectivity index (χ2v) is 4.81. The van der Waals surface area contributed by atoms with Gasteiger partial charge in [0.1, 0.15) is 6.61 Å². The number of ether oxygens (including phenoxy) is 1. The number of aliphatic carboxylic acids is 1. The average molecular weight is 328 g/mol.